The fourth-order valence-corrected chi connectivity index (χ4v) is 10.9. The maximum absolute atomic E-state index is 13.9. The molecule has 4 heterocycles. The third kappa shape index (κ3) is 12.9. The number of hydrogen-bond acceptors (Lipinski definition) is 16. The number of methoxy groups -OCH3 is 1. The summed E-state index contributed by atoms with van der Waals surface area (Å²) in [6.45, 7) is 30.2. The fraction of sp³-hybridized carbons (Fsp3) is 0.911. The van der Waals surface area contributed by atoms with Crippen molar-refractivity contribution in [1.82, 2.24) is 20.3 Å². The number of hydrogen-bond donors (Lipinski definition) is 4. The molecule has 0 aliphatic carbocycles. The van der Waals surface area contributed by atoms with E-state index in [9.17, 15) is 40.0 Å². The molecule has 0 aromatic carbocycles. The number of esters is 3. The van der Waals surface area contributed by atoms with Crippen molar-refractivity contribution in [2.24, 2.45) is 11.8 Å². The second kappa shape index (κ2) is 18.7. The Bertz CT molecular complexity index is 1490. The minimum absolute atomic E-state index is 0.192. The van der Waals surface area contributed by atoms with Gasteiger partial charge in [-0.05, 0) is 124 Å². The van der Waals surface area contributed by atoms with Gasteiger partial charge in [0, 0.05) is 95.9 Å². The molecule has 0 aromatic heterocycles. The van der Waals surface area contributed by atoms with Crippen LogP contribution in [0.1, 0.15) is 175 Å². The fourth-order valence-electron chi connectivity index (χ4n) is 10.9. The van der Waals surface area contributed by atoms with E-state index < -0.39 is 94.1 Å². The first-order chi connectivity index (χ1) is 27.4. The summed E-state index contributed by atoms with van der Waals surface area (Å²) in [6.07, 6.45) is 1.88. The highest BCUT2D eigenvalue weighted by molar-refractivity contribution is 5.85. The van der Waals surface area contributed by atoms with Crippen LogP contribution in [0.15, 0.2) is 0 Å². The number of piperidine rings is 4. The van der Waals surface area contributed by atoms with Gasteiger partial charge in [0.25, 0.3) is 0 Å². The van der Waals surface area contributed by atoms with E-state index in [2.05, 4.69) is 0 Å². The highest BCUT2D eigenvalue weighted by atomic mass is 16.6. The van der Waals surface area contributed by atoms with Crippen molar-refractivity contribution >= 4 is 24.2 Å². The predicted octanol–water partition coefficient (Wildman–Crippen LogP) is 7.10. The standard InChI is InChI=1S/C35H61N3O10.C10H21NO2/c1-30(2)15-23(16-31(3,4)36(30)43)46-27(40)13-22(21-39)26(29(42)48-25-19-34(9,10)38(45)35(11,12)20-25)14-28(41)47-24-17-32(5,6)37(44)33(7,8)18-24;1-9(2)6-8(13-5)7-10(3,4)11(9)12/h21-26,43-45H,13-20H2,1-12H3;8,12H,6-7H2,1-5H3. The summed E-state index contributed by atoms with van der Waals surface area (Å²) >= 11 is 0. The molecule has 2 unspecified atom stereocenters. The lowest BCUT2D eigenvalue weighted by Crippen LogP contribution is -2.61. The molecule has 4 aliphatic heterocycles. The number of ether oxygens (including phenoxy) is 4. The summed E-state index contributed by atoms with van der Waals surface area (Å²) in [5.41, 5.74) is -4.54. The van der Waals surface area contributed by atoms with Gasteiger partial charge in [0.1, 0.15) is 24.6 Å². The molecule has 4 saturated heterocycles. The molecule has 0 radical (unpaired) electrons. The number of rotatable bonds is 11. The van der Waals surface area contributed by atoms with Crippen LogP contribution < -0.4 is 0 Å². The molecular weight excluding hydrogens is 789 g/mol. The van der Waals surface area contributed by atoms with Gasteiger partial charge in [0.15, 0.2) is 0 Å². The normalized spacial score (nSPS) is 27.8. The van der Waals surface area contributed by atoms with Crippen LogP contribution in [0.2, 0.25) is 0 Å². The smallest absolute Gasteiger partial charge is 0.310 e. The van der Waals surface area contributed by atoms with Gasteiger partial charge in [-0.1, -0.05) is 0 Å². The molecule has 4 rings (SSSR count). The Morgan fingerprint density at radius 2 is 0.721 bits per heavy atom. The van der Waals surface area contributed by atoms with Crippen LogP contribution in [-0.4, -0.2) is 141 Å². The van der Waals surface area contributed by atoms with Crippen molar-refractivity contribution in [3.63, 3.8) is 0 Å². The minimum atomic E-state index is -1.33. The van der Waals surface area contributed by atoms with E-state index in [0.29, 0.717) is 44.8 Å². The van der Waals surface area contributed by atoms with Gasteiger partial charge in [-0.15, -0.1) is 0 Å². The third-order valence-corrected chi connectivity index (χ3v) is 13.4. The SMILES string of the molecule is CC1(C)CC(OC(=O)CC(C=O)C(CC(=O)OC2CC(C)(C)N(O)C(C)(C)C2)C(=O)OC2CC(C)(C)N(O)C(C)(C)C2)CC(C)(C)N1O.COC1CC(C)(C)N(O)C(C)(C)C1. The molecule has 2 atom stereocenters. The van der Waals surface area contributed by atoms with Gasteiger partial charge >= 0.3 is 17.9 Å². The molecule has 61 heavy (non-hydrogen) atoms. The number of hydroxylamine groups is 8. The average Bonchev–Trinajstić information content (AvgIpc) is 3.08. The summed E-state index contributed by atoms with van der Waals surface area (Å²) in [5.74, 6) is -4.78. The zero-order valence-electron chi connectivity index (χ0n) is 40.5. The second-order valence-corrected chi connectivity index (χ2v) is 23.3. The summed E-state index contributed by atoms with van der Waals surface area (Å²) in [6, 6.07) is 0. The van der Waals surface area contributed by atoms with Gasteiger partial charge in [0.2, 0.25) is 0 Å². The van der Waals surface area contributed by atoms with Crippen LogP contribution in [0.25, 0.3) is 0 Å². The Hall–Kier alpha value is -2.28. The van der Waals surface area contributed by atoms with Gasteiger partial charge in [-0.3, -0.25) is 14.4 Å². The lowest BCUT2D eigenvalue weighted by atomic mass is 9.80. The van der Waals surface area contributed by atoms with Crippen LogP contribution in [-0.2, 0) is 38.1 Å². The molecular formula is C45H82N4O12. The molecule has 16 nitrogen and oxygen atoms in total. The molecule has 4 N–H and O–H groups in total. The average molecular weight is 871 g/mol. The first-order valence-corrected chi connectivity index (χ1v) is 22.0. The Kier molecular flexibility index (Phi) is 16.2. The molecule has 0 spiro atoms. The van der Waals surface area contributed by atoms with E-state index in [1.54, 1.807) is 7.11 Å². The molecule has 0 amide bonds. The van der Waals surface area contributed by atoms with Crippen molar-refractivity contribution in [2.75, 3.05) is 7.11 Å². The van der Waals surface area contributed by atoms with Crippen molar-refractivity contribution in [1.29, 1.82) is 0 Å². The highest BCUT2D eigenvalue weighted by Crippen LogP contribution is 2.42. The van der Waals surface area contributed by atoms with E-state index in [0.717, 1.165) is 12.8 Å². The monoisotopic (exact) mass is 871 g/mol. The lowest BCUT2D eigenvalue weighted by Gasteiger charge is -2.51. The van der Waals surface area contributed by atoms with Crippen molar-refractivity contribution < 1.29 is 59.0 Å². The van der Waals surface area contributed by atoms with Crippen LogP contribution in [0, 0.1) is 11.8 Å². The summed E-state index contributed by atoms with van der Waals surface area (Å²) in [4.78, 5) is 53.2. The van der Waals surface area contributed by atoms with E-state index in [1.165, 1.54) is 20.3 Å². The maximum Gasteiger partial charge on any atom is 0.310 e. The lowest BCUT2D eigenvalue weighted by molar-refractivity contribution is -0.261. The minimum Gasteiger partial charge on any atom is -0.462 e. The largest absolute Gasteiger partial charge is 0.462 e. The number of carbonyl (C=O) groups excluding carboxylic acids is 4. The molecule has 0 bridgehead atoms. The van der Waals surface area contributed by atoms with Crippen molar-refractivity contribution in [3.8, 4) is 0 Å². The van der Waals surface area contributed by atoms with E-state index >= 15 is 0 Å². The summed E-state index contributed by atoms with van der Waals surface area (Å²) in [7, 11) is 1.74. The zero-order valence-corrected chi connectivity index (χ0v) is 40.5. The van der Waals surface area contributed by atoms with Gasteiger partial charge in [-0.2, -0.15) is 20.3 Å². The third-order valence-electron chi connectivity index (χ3n) is 13.4. The Morgan fingerprint density at radius 3 is 0.984 bits per heavy atom. The van der Waals surface area contributed by atoms with Crippen LogP contribution in [0.3, 0.4) is 0 Å². The van der Waals surface area contributed by atoms with E-state index in [1.807, 2.05) is 111 Å². The molecule has 0 saturated carbocycles. The Balaban J connectivity index is 0.000000648. The molecule has 4 fully saturated rings. The Morgan fingerprint density at radius 1 is 0.475 bits per heavy atom. The number of carbonyl (C=O) groups is 4. The van der Waals surface area contributed by atoms with E-state index in [-0.39, 0.29) is 17.2 Å². The van der Waals surface area contributed by atoms with Crippen LogP contribution >= 0.6 is 0 Å². The maximum atomic E-state index is 13.9. The zero-order chi connectivity index (χ0) is 47.1. The topological polar surface area (TPSA) is 199 Å². The molecule has 16 heteroatoms. The summed E-state index contributed by atoms with van der Waals surface area (Å²) in [5, 5.41) is 47.3. The van der Waals surface area contributed by atoms with Crippen molar-refractivity contribution in [3.05, 3.63) is 0 Å². The van der Waals surface area contributed by atoms with Crippen LogP contribution in [0.5, 0.6) is 0 Å². The Labute approximate surface area is 365 Å². The number of nitrogens with zero attached hydrogens (tertiary/aromatic N) is 4. The first-order valence-electron chi connectivity index (χ1n) is 22.0. The van der Waals surface area contributed by atoms with Crippen LogP contribution in [0.4, 0.5) is 0 Å². The van der Waals surface area contributed by atoms with Gasteiger partial charge in [0.05, 0.1) is 24.9 Å². The van der Waals surface area contributed by atoms with Crippen molar-refractivity contribution in [2.45, 2.75) is 244 Å². The van der Waals surface area contributed by atoms with Gasteiger partial charge < -0.3 is 44.6 Å². The summed E-state index contributed by atoms with van der Waals surface area (Å²) < 4.78 is 23.0. The molecule has 4 aliphatic rings. The van der Waals surface area contributed by atoms with E-state index in [4.69, 9.17) is 18.9 Å². The number of aldehydes is 1. The highest BCUT2D eigenvalue weighted by Gasteiger charge is 2.50. The van der Waals surface area contributed by atoms with Gasteiger partial charge in [-0.25, -0.2) is 0 Å². The second-order valence-electron chi connectivity index (χ2n) is 23.3. The molecule has 0 aromatic rings. The quantitative estimate of drug-likeness (QED) is 0.0930. The first kappa shape index (κ1) is 53.1. The predicted molar refractivity (Wildman–Crippen MR) is 227 cm³/mol. The molecule has 354 valence electrons.